The molecule has 8 aliphatic heterocycles. The van der Waals surface area contributed by atoms with E-state index in [0.29, 0.717) is 0 Å². The lowest BCUT2D eigenvalue weighted by Gasteiger charge is -2.48. The Balaban J connectivity index is 0.947. The first kappa shape index (κ1) is 113. The summed E-state index contributed by atoms with van der Waals surface area (Å²) < 4.78 is 52.6. The van der Waals surface area contributed by atoms with Crippen LogP contribution in [0.1, 0.15) is 175 Å². The molecule has 3 saturated heterocycles. The average molecular weight is 2080 g/mol. The Morgan fingerprint density at radius 3 is 1.82 bits per heavy atom. The van der Waals surface area contributed by atoms with Crippen LogP contribution >= 0.6 is 23.2 Å². The monoisotopic (exact) mass is 2080 g/mol. The number of amides is 9. The number of aryl methyl sites for hydroxylation is 1. The number of fused-ring (bicyclic) bond motifs is 15. The number of unbranched alkanes of at least 4 members (excludes halogenated alkanes) is 7. The number of nitrogens with one attached hydrogen (secondary N) is 10. The lowest BCUT2D eigenvalue weighted by atomic mass is 9.84. The number of phenolic OH excluding ortho intramolecular Hbond substituents is 3. The Kier molecular flexibility index (Phi) is 39.4. The van der Waals surface area contributed by atoms with Gasteiger partial charge in [-0.05, 0) is 134 Å². The third-order valence-corrected chi connectivity index (χ3v) is 26.9. The predicted molar refractivity (Wildman–Crippen MR) is 508 cm³/mol. The SMILES string of the molecule is CCCCCCCCCC[n+]1ccc(CN[C@]2(C)C[C@H](OC3C(O)[C@@H](O)[C@@H](CO)O[C@@H]3Oc3c4cc5cc3Oc3ccc(cc3Cl)[C@@H](O)[C@@H](NC(=O)[C@@H](CC(C)C)NC)C(=O)N[C@@H](CC(N)=O)C(=O)N[C@H]5C(=O)N[C@H]3C(=O)N[C@H](C(=O)N[C@H](C(=O)NCCCNC(=O)[C@H](O)[C@@H](O)[C@H](OC5OC(CO)C(O)C(O)C5O)[C@H](O)CO)c5cc(O)cc(O)c5-c5cc3ccc5O)[C@H](O)c3ccc(c(Cl)c3)O4)OC(C)[C@@H]2O)cc1. The highest BCUT2D eigenvalue weighted by atomic mass is 35.5. The molecule has 8 aliphatic rings. The van der Waals surface area contributed by atoms with E-state index in [1.807, 2.05) is 24.5 Å². The van der Waals surface area contributed by atoms with Gasteiger partial charge >= 0.3 is 0 Å². The van der Waals surface area contributed by atoms with Crippen molar-refractivity contribution in [1.82, 2.24) is 53.2 Å². The van der Waals surface area contributed by atoms with E-state index >= 15 is 28.8 Å². The molecule has 9 amide bonds. The van der Waals surface area contributed by atoms with Crippen LogP contribution in [-0.4, -0.2) is 314 Å². The predicted octanol–water partition coefficient (Wildman–Crippen LogP) is -1.84. The van der Waals surface area contributed by atoms with Crippen molar-refractivity contribution in [2.75, 3.05) is 40.0 Å². The first-order valence-electron chi connectivity index (χ1n) is 47.8. The van der Waals surface area contributed by atoms with Crippen LogP contribution in [0.4, 0.5) is 0 Å². The third kappa shape index (κ3) is 27.3. The Labute approximate surface area is 842 Å². The van der Waals surface area contributed by atoms with Gasteiger partial charge in [0.15, 0.2) is 48.7 Å². The van der Waals surface area contributed by atoms with E-state index in [0.717, 1.165) is 98.1 Å². The number of hydrogen-bond donors (Lipinski definition) is 28. The number of phenols is 3. The number of aromatic hydroxyl groups is 3. The molecule has 0 spiro atoms. The number of benzene rings is 5. The first-order valence-corrected chi connectivity index (χ1v) is 48.6. The summed E-state index contributed by atoms with van der Waals surface area (Å²) in [7, 11) is 1.46. The van der Waals surface area contributed by atoms with Crippen molar-refractivity contribution in [2.24, 2.45) is 11.7 Å². The van der Waals surface area contributed by atoms with Crippen molar-refractivity contribution in [3.05, 3.63) is 147 Å². The van der Waals surface area contributed by atoms with Crippen molar-refractivity contribution in [3.8, 4) is 57.1 Å². The minimum atomic E-state index is -2.54. The number of likely N-dealkylation sites (N-methyl/N-ethyl adjacent to an activating group) is 1. The molecule has 794 valence electrons. The molecular weight excluding hydrogens is 1950 g/mol. The lowest BCUT2D eigenvalue weighted by molar-refractivity contribution is -0.697. The standard InChI is InChI=1S/C97H128Cl2N12O34/c1-7-8-9-10-11-12-13-14-26-111-27-22-45(23-28-111)39-104-97(5)38-67(138-44(4)86(97)129)143-85-79(125)77(123)65(42-114)142-96(85)145-84-62-33-49-34-63(84)140-61-21-18-48(32-54(61)99)75(121)73-93(136)108-71(89(132)102-24-15-25-103-94(137)81(127)80(126)83(59(118)40-112)144-95-82(128)78(124)76(122)64(41-113)141-95)52-35-50(115)36-58(117)68(52)51-30-46(16-19-57(51)116)69(90(133)110-73)107-91(134)70(49)106-88(131)56(37-66(100)119)105-92(135)72(109-87(130)55(101-6)29-43(2)3)74(120)47-17-20-60(139-62)53(98)31-47/h16-23,27-28,30-36,43-44,55-56,59,64-65,67,69-83,85-86,95-96,101,104,112-114,118,120-129H,7-15,24-26,29,37-42H2,1-6H3,(H12-,100,102,103,105,106,107,108,109,110,115,116,117,119,130,131,132,133,134,135,136,137)/p+1/t44?,55-,56+,59-,64?,65-,67+,69-,70-,71+,72-,73+,74-,75-,76?,77+,78?,79?,80-,81-,82?,83-,85?,86+,95?,96-,97-/m1/s1. The van der Waals surface area contributed by atoms with E-state index in [1.54, 1.807) is 27.7 Å². The van der Waals surface area contributed by atoms with Gasteiger partial charge in [0.05, 0.1) is 54.5 Å². The minimum absolute atomic E-state index is 0.142. The number of halogens is 2. The number of carbonyl (C=O) groups excluding carboxylic acids is 9. The normalized spacial score (nSPS) is 28.2. The summed E-state index contributed by atoms with van der Waals surface area (Å²) in [4.78, 5) is 136. The number of rotatable bonds is 37. The molecule has 1 aromatic heterocycles. The zero-order chi connectivity index (χ0) is 105. The van der Waals surface area contributed by atoms with E-state index < -0.39 is 335 Å². The van der Waals surface area contributed by atoms with E-state index in [2.05, 4.69) is 64.7 Å². The van der Waals surface area contributed by atoms with Crippen LogP contribution in [0, 0.1) is 5.92 Å². The maximum atomic E-state index is 16.5. The van der Waals surface area contributed by atoms with Crippen molar-refractivity contribution in [2.45, 2.75) is 289 Å². The van der Waals surface area contributed by atoms with Gasteiger partial charge in [0.2, 0.25) is 59.3 Å². The number of aliphatic hydroxyl groups excluding tert-OH is 14. The quantitative estimate of drug-likeness (QED) is 0.0151. The fourth-order valence-electron chi connectivity index (χ4n) is 18.0. The van der Waals surface area contributed by atoms with Gasteiger partial charge in [-0.1, -0.05) is 101 Å². The van der Waals surface area contributed by atoms with Gasteiger partial charge in [0.25, 0.3) is 5.91 Å². The summed E-state index contributed by atoms with van der Waals surface area (Å²) in [6.45, 7) is 5.96. The largest absolute Gasteiger partial charge is 0.508 e. The van der Waals surface area contributed by atoms with Gasteiger partial charge in [-0.3, -0.25) is 43.2 Å². The molecule has 145 heavy (non-hydrogen) atoms. The highest BCUT2D eigenvalue weighted by Crippen LogP contribution is 2.51. The minimum Gasteiger partial charge on any atom is -0.508 e. The van der Waals surface area contributed by atoms with Crippen LogP contribution < -0.4 is 77.7 Å². The van der Waals surface area contributed by atoms with Crippen LogP contribution in [0.25, 0.3) is 11.1 Å². The average Bonchev–Trinajstić information content (AvgIpc) is 0.752. The Morgan fingerprint density at radius 2 is 1.21 bits per heavy atom. The zero-order valence-electron chi connectivity index (χ0n) is 80.2. The molecule has 29 N–H and O–H groups in total. The molecule has 11 bridgehead atoms. The van der Waals surface area contributed by atoms with E-state index in [-0.39, 0.29) is 48.6 Å². The molecular formula is C97H129Cl2N12O34+. The Morgan fingerprint density at radius 1 is 0.614 bits per heavy atom. The number of pyridine rings is 1. The molecule has 6 aromatic rings. The number of hydrogen-bond acceptors (Lipinski definition) is 36. The van der Waals surface area contributed by atoms with E-state index in [9.17, 15) is 101 Å². The van der Waals surface area contributed by atoms with Crippen LogP contribution in [0.15, 0.2) is 103 Å². The number of primary amides is 1. The molecule has 14 rings (SSSR count). The van der Waals surface area contributed by atoms with E-state index in [4.69, 9.17) is 66.8 Å². The lowest BCUT2D eigenvalue weighted by Crippen LogP contribution is -2.65. The van der Waals surface area contributed by atoms with Gasteiger partial charge in [-0.15, -0.1) is 0 Å². The summed E-state index contributed by atoms with van der Waals surface area (Å²) in [5.41, 5.74) is 2.28. The second-order valence-corrected chi connectivity index (χ2v) is 38.3. The molecule has 0 radical (unpaired) electrons. The van der Waals surface area contributed by atoms with Gasteiger partial charge in [-0.25, -0.2) is 4.57 Å². The molecule has 3 fully saturated rings. The fraction of sp³-hybridized carbons (Fsp3) is 0.546. The van der Waals surface area contributed by atoms with Crippen LogP contribution in [0.3, 0.4) is 0 Å². The summed E-state index contributed by atoms with van der Waals surface area (Å²) in [6.07, 6.45) is -25.3. The summed E-state index contributed by atoms with van der Waals surface area (Å²) >= 11 is 14.5. The van der Waals surface area contributed by atoms with E-state index in [1.165, 1.54) is 51.3 Å². The highest BCUT2D eigenvalue weighted by molar-refractivity contribution is 6.32. The maximum absolute atomic E-state index is 16.5. The van der Waals surface area contributed by atoms with Crippen molar-refractivity contribution < 1.29 is 172 Å². The first-order chi connectivity index (χ1) is 69.0. The van der Waals surface area contributed by atoms with Crippen LogP contribution in [0.5, 0.6) is 46.0 Å². The number of carbonyl (C=O) groups is 9. The second kappa shape index (κ2) is 50.6. The molecule has 46 nitrogen and oxygen atoms in total. The van der Waals surface area contributed by atoms with Gasteiger partial charge in [0, 0.05) is 67.3 Å². The molecule has 5 aromatic carbocycles. The smallest absolute Gasteiger partial charge is 0.251 e. The number of nitrogens with two attached hydrogens (primary N) is 1. The number of ether oxygens (including phenoxy) is 8. The van der Waals surface area contributed by atoms with Gasteiger partial charge in [0.1, 0.15) is 145 Å². The Bertz CT molecular complexity index is 5530. The third-order valence-electron chi connectivity index (χ3n) is 26.3. The van der Waals surface area contributed by atoms with Crippen molar-refractivity contribution in [1.29, 1.82) is 0 Å². The number of aromatic nitrogens is 1. The molecule has 0 aliphatic carbocycles. The van der Waals surface area contributed by atoms with Crippen molar-refractivity contribution >= 4 is 76.4 Å². The van der Waals surface area contributed by atoms with Gasteiger partial charge < -0.3 is 184 Å². The topological polar surface area (TPSA) is 722 Å². The highest BCUT2D eigenvalue weighted by Gasteiger charge is 2.54. The summed E-state index contributed by atoms with van der Waals surface area (Å²) in [5.74, 6) is -17.6. The second-order valence-electron chi connectivity index (χ2n) is 37.5. The van der Waals surface area contributed by atoms with Crippen LogP contribution in [0.2, 0.25) is 10.0 Å². The van der Waals surface area contributed by atoms with Crippen molar-refractivity contribution in [3.63, 3.8) is 0 Å². The fourth-order valence-corrected chi connectivity index (χ4v) is 18.5. The zero-order valence-corrected chi connectivity index (χ0v) is 81.7. The molecule has 27 atom stereocenters. The number of aliphatic hydroxyl groups is 14. The molecule has 8 unspecified atom stereocenters. The molecule has 9 heterocycles. The molecule has 0 saturated carbocycles. The Hall–Kier alpha value is -11.0. The van der Waals surface area contributed by atoms with Crippen LogP contribution in [-0.2, 0) is 79.9 Å². The maximum Gasteiger partial charge on any atom is 0.251 e. The number of nitrogens with zero attached hydrogens (tertiary/aromatic N) is 1. The summed E-state index contributed by atoms with van der Waals surface area (Å²) in [5, 5.41) is 217. The summed E-state index contributed by atoms with van der Waals surface area (Å²) in [6, 6.07) is 2.58. The molecule has 48 heteroatoms. The van der Waals surface area contributed by atoms with Gasteiger partial charge in [-0.2, -0.15) is 0 Å².